The number of ether oxygens (including phenoxy) is 1. The number of benzene rings is 1. The van der Waals surface area contributed by atoms with E-state index in [1.165, 1.54) is 0 Å². The smallest absolute Gasteiger partial charge is 0.322 e. The zero-order valence-corrected chi connectivity index (χ0v) is 10.0. The molecule has 88 valence electrons. The van der Waals surface area contributed by atoms with Crippen LogP contribution in [0.5, 0.6) is 5.75 Å². The van der Waals surface area contributed by atoms with E-state index >= 15 is 0 Å². The summed E-state index contributed by atoms with van der Waals surface area (Å²) < 4.78 is 5.29. The Morgan fingerprint density at radius 1 is 1.38 bits per heavy atom. The highest BCUT2D eigenvalue weighted by molar-refractivity contribution is 5.74. The van der Waals surface area contributed by atoms with Crippen molar-refractivity contribution in [2.45, 2.75) is 20.8 Å². The molecule has 0 saturated carbocycles. The van der Waals surface area contributed by atoms with Crippen LogP contribution < -0.4 is 10.1 Å². The Morgan fingerprint density at radius 2 is 2.00 bits per heavy atom. The van der Waals surface area contributed by atoms with Gasteiger partial charge in [0.05, 0.1) is 7.11 Å². The molecule has 1 aromatic carbocycles. The largest absolute Gasteiger partial charge is 0.496 e. The molecule has 1 aromatic rings. The number of carboxylic acid groups (broad SMARTS) is 1. The summed E-state index contributed by atoms with van der Waals surface area (Å²) >= 11 is 0. The average molecular weight is 223 g/mol. The summed E-state index contributed by atoms with van der Waals surface area (Å²) in [5.74, 6) is -0.0103. The quantitative estimate of drug-likeness (QED) is 0.820. The fourth-order valence-corrected chi connectivity index (χ4v) is 1.73. The normalized spacial score (nSPS) is 10.0. The van der Waals surface area contributed by atoms with E-state index in [9.17, 15) is 4.79 Å². The maximum atomic E-state index is 10.5. The summed E-state index contributed by atoms with van der Waals surface area (Å²) in [4.78, 5) is 10.5. The molecule has 0 aromatic heterocycles. The van der Waals surface area contributed by atoms with Crippen molar-refractivity contribution in [1.82, 2.24) is 0 Å². The first-order valence-corrected chi connectivity index (χ1v) is 5.07. The van der Waals surface area contributed by atoms with Crippen LogP contribution in [0.2, 0.25) is 0 Å². The van der Waals surface area contributed by atoms with E-state index in [4.69, 9.17) is 9.84 Å². The number of rotatable bonds is 4. The molecule has 16 heavy (non-hydrogen) atoms. The van der Waals surface area contributed by atoms with E-state index < -0.39 is 5.97 Å². The maximum Gasteiger partial charge on any atom is 0.322 e. The zero-order chi connectivity index (χ0) is 12.3. The van der Waals surface area contributed by atoms with Crippen LogP contribution >= 0.6 is 0 Å². The molecule has 1 rings (SSSR count). The first kappa shape index (κ1) is 12.4. The number of hydrogen-bond donors (Lipinski definition) is 2. The van der Waals surface area contributed by atoms with E-state index in [2.05, 4.69) is 5.32 Å². The summed E-state index contributed by atoms with van der Waals surface area (Å²) in [5.41, 5.74) is 3.90. The Labute approximate surface area is 95.2 Å². The first-order chi connectivity index (χ1) is 7.47. The maximum absolute atomic E-state index is 10.5. The molecule has 4 heteroatoms. The Kier molecular flexibility index (Phi) is 3.77. The van der Waals surface area contributed by atoms with Gasteiger partial charge in [-0.25, -0.2) is 0 Å². The molecule has 0 radical (unpaired) electrons. The molecule has 0 bridgehead atoms. The van der Waals surface area contributed by atoms with Crippen molar-refractivity contribution < 1.29 is 14.6 Å². The highest BCUT2D eigenvalue weighted by Crippen LogP contribution is 2.31. The third-order valence-corrected chi connectivity index (χ3v) is 2.66. The second kappa shape index (κ2) is 4.88. The zero-order valence-electron chi connectivity index (χ0n) is 10.0. The van der Waals surface area contributed by atoms with Crippen LogP contribution in [0.15, 0.2) is 6.07 Å². The molecule has 4 nitrogen and oxygen atoms in total. The van der Waals surface area contributed by atoms with Gasteiger partial charge in [0.15, 0.2) is 0 Å². The number of nitrogens with one attached hydrogen (secondary N) is 1. The van der Waals surface area contributed by atoms with Gasteiger partial charge in [-0.05, 0) is 43.5 Å². The van der Waals surface area contributed by atoms with E-state index in [0.29, 0.717) is 0 Å². The van der Waals surface area contributed by atoms with Gasteiger partial charge < -0.3 is 15.2 Å². The molecule has 0 spiro atoms. The molecular weight excluding hydrogens is 206 g/mol. The number of aliphatic carboxylic acids is 1. The molecule has 0 heterocycles. The predicted octanol–water partition coefficient (Wildman–Crippen LogP) is 2.12. The van der Waals surface area contributed by atoms with E-state index in [0.717, 1.165) is 28.1 Å². The number of aryl methyl sites for hydroxylation is 1. The van der Waals surface area contributed by atoms with Gasteiger partial charge in [-0.3, -0.25) is 4.79 Å². The Bertz CT molecular complexity index is 413. The Balaban J connectivity index is 3.08. The Hall–Kier alpha value is -1.71. The molecule has 0 aliphatic rings. The lowest BCUT2D eigenvalue weighted by molar-refractivity contribution is -0.134. The highest BCUT2D eigenvalue weighted by Gasteiger charge is 2.10. The molecule has 0 saturated heterocycles. The minimum Gasteiger partial charge on any atom is -0.496 e. The van der Waals surface area contributed by atoms with Gasteiger partial charge in [-0.15, -0.1) is 0 Å². The summed E-state index contributed by atoms with van der Waals surface area (Å²) in [7, 11) is 1.64. The van der Waals surface area contributed by atoms with Crippen molar-refractivity contribution in [2.75, 3.05) is 19.0 Å². The summed E-state index contributed by atoms with van der Waals surface area (Å²) in [6.45, 7) is 5.78. The summed E-state index contributed by atoms with van der Waals surface area (Å²) in [6.07, 6.45) is 0. The monoisotopic (exact) mass is 223 g/mol. The van der Waals surface area contributed by atoms with Crippen molar-refractivity contribution in [3.8, 4) is 5.75 Å². The van der Waals surface area contributed by atoms with Crippen molar-refractivity contribution >= 4 is 11.7 Å². The van der Waals surface area contributed by atoms with E-state index in [-0.39, 0.29) is 6.54 Å². The van der Waals surface area contributed by atoms with Crippen LogP contribution in [0.4, 0.5) is 5.69 Å². The van der Waals surface area contributed by atoms with Gasteiger partial charge in [-0.2, -0.15) is 0 Å². The van der Waals surface area contributed by atoms with Crippen LogP contribution in [-0.4, -0.2) is 24.7 Å². The topological polar surface area (TPSA) is 58.6 Å². The fourth-order valence-electron chi connectivity index (χ4n) is 1.73. The fraction of sp³-hybridized carbons (Fsp3) is 0.417. The molecule has 0 amide bonds. The van der Waals surface area contributed by atoms with Crippen LogP contribution in [0.25, 0.3) is 0 Å². The molecule has 0 aliphatic carbocycles. The number of methoxy groups -OCH3 is 1. The minimum atomic E-state index is -0.870. The molecule has 0 unspecified atom stereocenters. The molecule has 0 aliphatic heterocycles. The van der Waals surface area contributed by atoms with Gasteiger partial charge >= 0.3 is 5.97 Å². The Morgan fingerprint density at radius 3 is 2.50 bits per heavy atom. The number of hydrogen-bond acceptors (Lipinski definition) is 3. The lowest BCUT2D eigenvalue weighted by Gasteiger charge is -2.16. The number of carboxylic acids is 1. The molecule has 0 atom stereocenters. The van der Waals surface area contributed by atoms with Gasteiger partial charge in [0.25, 0.3) is 0 Å². The predicted molar refractivity (Wildman–Crippen MR) is 63.3 cm³/mol. The van der Waals surface area contributed by atoms with Crippen molar-refractivity contribution in [1.29, 1.82) is 0 Å². The third kappa shape index (κ3) is 2.45. The lowest BCUT2D eigenvalue weighted by atomic mass is 10.0. The molecule has 0 fully saturated rings. The lowest BCUT2D eigenvalue weighted by Crippen LogP contribution is -2.13. The highest BCUT2D eigenvalue weighted by atomic mass is 16.5. The van der Waals surface area contributed by atoms with Gasteiger partial charge in [0.1, 0.15) is 12.3 Å². The van der Waals surface area contributed by atoms with Crippen LogP contribution in [0, 0.1) is 20.8 Å². The van der Waals surface area contributed by atoms with Crippen molar-refractivity contribution in [2.24, 2.45) is 0 Å². The van der Waals surface area contributed by atoms with E-state index in [1.807, 2.05) is 26.8 Å². The molecular formula is C12H17NO3. The van der Waals surface area contributed by atoms with Gasteiger partial charge in [-0.1, -0.05) is 0 Å². The standard InChI is InChI=1S/C12H17NO3/c1-7-5-10(13-6-11(14)15)8(2)9(3)12(7)16-4/h5,13H,6H2,1-4H3,(H,14,15). The number of anilines is 1. The van der Waals surface area contributed by atoms with Gasteiger partial charge in [0, 0.05) is 5.69 Å². The van der Waals surface area contributed by atoms with Crippen LogP contribution in [0.1, 0.15) is 16.7 Å². The van der Waals surface area contributed by atoms with Crippen molar-refractivity contribution in [3.05, 3.63) is 22.8 Å². The molecule has 2 N–H and O–H groups in total. The summed E-state index contributed by atoms with van der Waals surface area (Å²) in [6, 6.07) is 1.91. The van der Waals surface area contributed by atoms with E-state index in [1.54, 1.807) is 7.11 Å². The summed E-state index contributed by atoms with van der Waals surface area (Å²) in [5, 5.41) is 11.5. The second-order valence-corrected chi connectivity index (χ2v) is 3.77. The minimum absolute atomic E-state index is 0.0773. The SMILES string of the molecule is COc1c(C)cc(NCC(=O)O)c(C)c1C. The average Bonchev–Trinajstić information content (AvgIpc) is 2.22. The van der Waals surface area contributed by atoms with Crippen LogP contribution in [-0.2, 0) is 4.79 Å². The third-order valence-electron chi connectivity index (χ3n) is 2.66. The van der Waals surface area contributed by atoms with Gasteiger partial charge in [0.2, 0.25) is 0 Å². The second-order valence-electron chi connectivity index (χ2n) is 3.77. The van der Waals surface area contributed by atoms with Crippen LogP contribution in [0.3, 0.4) is 0 Å². The first-order valence-electron chi connectivity index (χ1n) is 5.07. The van der Waals surface area contributed by atoms with Crippen molar-refractivity contribution in [3.63, 3.8) is 0 Å². The number of carbonyl (C=O) groups is 1.